The Labute approximate surface area is 103 Å². The molecule has 1 aliphatic rings. The van der Waals surface area contributed by atoms with Gasteiger partial charge in [-0.1, -0.05) is 30.3 Å². The van der Waals surface area contributed by atoms with Crippen LogP contribution >= 0.6 is 0 Å². The van der Waals surface area contributed by atoms with Gasteiger partial charge in [-0.3, -0.25) is 14.9 Å². The van der Waals surface area contributed by atoms with E-state index in [2.05, 4.69) is 5.32 Å². The highest BCUT2D eigenvalue weighted by atomic mass is 16.6. The van der Waals surface area contributed by atoms with Crippen LogP contribution in [0.25, 0.3) is 0 Å². The Morgan fingerprint density at radius 3 is 2.61 bits per heavy atom. The molecule has 0 bridgehead atoms. The first kappa shape index (κ1) is 12.1. The fourth-order valence-electron chi connectivity index (χ4n) is 1.87. The molecule has 6 heteroatoms. The molecule has 6 nitrogen and oxygen atoms in total. The lowest BCUT2D eigenvalue weighted by molar-refractivity contribution is -0.432. The van der Waals surface area contributed by atoms with E-state index in [0.717, 1.165) is 0 Å². The predicted octanol–water partition coefficient (Wildman–Crippen LogP) is 1.38. The third-order valence-electron chi connectivity index (χ3n) is 2.61. The molecule has 1 aromatic carbocycles. The molecule has 2 rings (SSSR count). The zero-order chi connectivity index (χ0) is 13.1. The molecule has 1 N–H and O–H groups in total. The lowest BCUT2D eigenvalue weighted by Gasteiger charge is -2.08. The van der Waals surface area contributed by atoms with E-state index in [1.165, 1.54) is 0 Å². The van der Waals surface area contributed by atoms with Crippen LogP contribution in [0, 0.1) is 10.1 Å². The van der Waals surface area contributed by atoms with Gasteiger partial charge in [-0.25, -0.2) is 0 Å². The molecule has 18 heavy (non-hydrogen) atoms. The van der Waals surface area contributed by atoms with E-state index < -0.39 is 16.9 Å². The normalized spacial score (nSPS) is 18.7. The maximum atomic E-state index is 11.7. The number of nitro groups is 1. The number of hydrogen-bond acceptors (Lipinski definition) is 4. The van der Waals surface area contributed by atoms with Crippen molar-refractivity contribution in [3.63, 3.8) is 0 Å². The molecule has 1 heterocycles. The lowest BCUT2D eigenvalue weighted by Crippen LogP contribution is -2.23. The van der Waals surface area contributed by atoms with Gasteiger partial charge in [0, 0.05) is 0 Å². The topological polar surface area (TPSA) is 81.5 Å². The number of amides is 1. The highest BCUT2D eigenvalue weighted by Crippen LogP contribution is 2.30. The number of nitrogens with zero attached hydrogens (tertiary/aromatic N) is 1. The quantitative estimate of drug-likeness (QED) is 0.644. The SMILES string of the molecule is CCOC1=C([N+](=O)[O-])[C@H](c2ccccc2)NC1=O. The smallest absolute Gasteiger partial charge is 0.320 e. The Morgan fingerprint density at radius 2 is 2.06 bits per heavy atom. The summed E-state index contributed by atoms with van der Waals surface area (Å²) < 4.78 is 5.07. The Bertz CT molecular complexity index is 510. The summed E-state index contributed by atoms with van der Waals surface area (Å²) in [7, 11) is 0. The number of ether oxygens (including phenoxy) is 1. The first-order valence-corrected chi connectivity index (χ1v) is 5.52. The Balaban J connectivity index is 2.44. The van der Waals surface area contributed by atoms with Crippen LogP contribution in [-0.2, 0) is 9.53 Å². The van der Waals surface area contributed by atoms with Crippen LogP contribution in [-0.4, -0.2) is 17.4 Å². The van der Waals surface area contributed by atoms with Crippen LogP contribution in [0.15, 0.2) is 41.8 Å². The maximum Gasteiger partial charge on any atom is 0.320 e. The molecule has 0 unspecified atom stereocenters. The minimum atomic E-state index is -0.754. The number of benzene rings is 1. The monoisotopic (exact) mass is 248 g/mol. The van der Waals surface area contributed by atoms with Gasteiger partial charge in [0.25, 0.3) is 11.7 Å². The fraction of sp³-hybridized carbons (Fsp3) is 0.250. The molecule has 0 aliphatic carbocycles. The van der Waals surface area contributed by atoms with E-state index in [4.69, 9.17) is 4.74 Å². The third-order valence-corrected chi connectivity index (χ3v) is 2.61. The standard InChI is InChI=1S/C12H12N2O4/c1-2-18-11-10(14(16)17)9(13-12(11)15)8-6-4-3-5-7-8/h3-7,9H,2H2,1H3,(H,13,15)/t9-/m0/s1. The number of carbonyl (C=O) groups excluding carboxylic acids is 1. The highest BCUT2D eigenvalue weighted by Gasteiger charge is 2.42. The summed E-state index contributed by atoms with van der Waals surface area (Å²) in [4.78, 5) is 22.2. The minimum absolute atomic E-state index is 0.198. The van der Waals surface area contributed by atoms with Gasteiger partial charge in [0.1, 0.15) is 6.04 Å². The maximum absolute atomic E-state index is 11.7. The fourth-order valence-corrected chi connectivity index (χ4v) is 1.87. The molecule has 1 atom stereocenters. The van der Waals surface area contributed by atoms with Crippen molar-refractivity contribution in [2.45, 2.75) is 13.0 Å². The van der Waals surface area contributed by atoms with Crippen molar-refractivity contribution in [2.24, 2.45) is 0 Å². The van der Waals surface area contributed by atoms with Gasteiger partial charge in [-0.15, -0.1) is 0 Å². The summed E-state index contributed by atoms with van der Waals surface area (Å²) in [5, 5.41) is 13.6. The second-order valence-electron chi connectivity index (χ2n) is 3.72. The van der Waals surface area contributed by atoms with Gasteiger partial charge in [0.15, 0.2) is 0 Å². The first-order valence-electron chi connectivity index (χ1n) is 5.52. The Morgan fingerprint density at radius 1 is 1.39 bits per heavy atom. The van der Waals surface area contributed by atoms with Gasteiger partial charge in [0.2, 0.25) is 0 Å². The summed E-state index contributed by atoms with van der Waals surface area (Å²) in [6.07, 6.45) is 0. The molecule has 0 spiro atoms. The van der Waals surface area contributed by atoms with Crippen molar-refractivity contribution in [2.75, 3.05) is 6.61 Å². The summed E-state index contributed by atoms with van der Waals surface area (Å²) in [5.41, 5.74) is 0.431. The van der Waals surface area contributed by atoms with Crippen LogP contribution in [0.4, 0.5) is 0 Å². The Kier molecular flexibility index (Phi) is 3.27. The van der Waals surface area contributed by atoms with Crippen molar-refractivity contribution in [1.82, 2.24) is 5.32 Å². The molecule has 0 saturated carbocycles. The van der Waals surface area contributed by atoms with Gasteiger partial charge in [-0.2, -0.15) is 0 Å². The zero-order valence-corrected chi connectivity index (χ0v) is 9.75. The van der Waals surface area contributed by atoms with E-state index in [1.807, 2.05) is 0 Å². The molecular formula is C12H12N2O4. The van der Waals surface area contributed by atoms with E-state index in [9.17, 15) is 14.9 Å². The molecule has 1 aliphatic heterocycles. The first-order chi connectivity index (χ1) is 8.65. The van der Waals surface area contributed by atoms with Crippen LogP contribution in [0.2, 0.25) is 0 Å². The van der Waals surface area contributed by atoms with E-state index in [-0.39, 0.29) is 18.1 Å². The van der Waals surface area contributed by atoms with Crippen LogP contribution in [0.1, 0.15) is 18.5 Å². The van der Waals surface area contributed by atoms with E-state index in [1.54, 1.807) is 37.3 Å². The van der Waals surface area contributed by atoms with Gasteiger partial charge in [0.05, 0.1) is 11.5 Å². The third kappa shape index (κ3) is 2.04. The largest absolute Gasteiger partial charge is 0.483 e. The van der Waals surface area contributed by atoms with Crippen molar-refractivity contribution in [1.29, 1.82) is 0 Å². The molecule has 0 fully saturated rings. The Hall–Kier alpha value is -2.37. The molecular weight excluding hydrogens is 236 g/mol. The van der Waals surface area contributed by atoms with Crippen molar-refractivity contribution in [3.8, 4) is 0 Å². The second kappa shape index (κ2) is 4.87. The van der Waals surface area contributed by atoms with Gasteiger partial charge >= 0.3 is 5.70 Å². The second-order valence-corrected chi connectivity index (χ2v) is 3.72. The number of nitrogens with one attached hydrogen (secondary N) is 1. The average molecular weight is 248 g/mol. The lowest BCUT2D eigenvalue weighted by atomic mass is 10.1. The number of carbonyl (C=O) groups is 1. The molecule has 1 amide bonds. The summed E-state index contributed by atoms with van der Waals surface area (Å²) in [5.74, 6) is -0.742. The average Bonchev–Trinajstić information content (AvgIpc) is 2.69. The number of rotatable bonds is 4. The minimum Gasteiger partial charge on any atom is -0.483 e. The van der Waals surface area contributed by atoms with Crippen LogP contribution < -0.4 is 5.32 Å². The van der Waals surface area contributed by atoms with E-state index >= 15 is 0 Å². The summed E-state index contributed by atoms with van der Waals surface area (Å²) >= 11 is 0. The molecule has 0 saturated heterocycles. The molecule has 94 valence electrons. The predicted molar refractivity (Wildman–Crippen MR) is 63.0 cm³/mol. The highest BCUT2D eigenvalue weighted by molar-refractivity contribution is 5.95. The van der Waals surface area contributed by atoms with Crippen molar-refractivity contribution >= 4 is 5.91 Å². The molecule has 0 radical (unpaired) electrons. The summed E-state index contributed by atoms with van der Waals surface area (Å²) in [6.45, 7) is 1.88. The van der Waals surface area contributed by atoms with Crippen molar-refractivity contribution < 1.29 is 14.5 Å². The molecule has 0 aromatic heterocycles. The van der Waals surface area contributed by atoms with Gasteiger partial charge < -0.3 is 10.1 Å². The number of hydrogen-bond donors (Lipinski definition) is 1. The summed E-state index contributed by atoms with van der Waals surface area (Å²) in [6, 6.07) is 8.02. The van der Waals surface area contributed by atoms with Gasteiger partial charge in [-0.05, 0) is 12.5 Å². The van der Waals surface area contributed by atoms with Crippen molar-refractivity contribution in [3.05, 3.63) is 57.5 Å². The van der Waals surface area contributed by atoms with Crippen LogP contribution in [0.5, 0.6) is 0 Å². The zero-order valence-electron chi connectivity index (χ0n) is 9.75. The molecule has 1 aromatic rings. The van der Waals surface area contributed by atoms with Crippen LogP contribution in [0.3, 0.4) is 0 Å². The van der Waals surface area contributed by atoms with E-state index in [0.29, 0.717) is 5.56 Å².